The van der Waals surface area contributed by atoms with E-state index in [1.54, 1.807) is 27.6 Å². The highest BCUT2D eigenvalue weighted by atomic mass is 32.1. The van der Waals surface area contributed by atoms with Gasteiger partial charge in [-0.15, -0.1) is 22.7 Å². The molecule has 26 heavy (non-hydrogen) atoms. The molecule has 0 aliphatic heterocycles. The molecule has 130 valence electrons. The van der Waals surface area contributed by atoms with Crippen LogP contribution in [-0.4, -0.2) is 30.7 Å². The monoisotopic (exact) mass is 383 g/mol. The van der Waals surface area contributed by atoms with E-state index in [1.807, 2.05) is 35.0 Å². The maximum absolute atomic E-state index is 13.1. The first-order valence-corrected chi connectivity index (χ1v) is 9.51. The summed E-state index contributed by atoms with van der Waals surface area (Å²) in [4.78, 5) is 43.8. The predicted octanol–water partition coefficient (Wildman–Crippen LogP) is 2.68. The maximum Gasteiger partial charge on any atom is 0.281 e. The number of hydrogen-bond acceptors (Lipinski definition) is 7. The number of nitrogens with one attached hydrogen (secondary N) is 1. The van der Waals surface area contributed by atoms with Gasteiger partial charge < -0.3 is 9.88 Å². The smallest absolute Gasteiger partial charge is 0.281 e. The highest BCUT2D eigenvalue weighted by Gasteiger charge is 2.22. The average Bonchev–Trinajstić information content (AvgIpc) is 3.34. The van der Waals surface area contributed by atoms with Crippen LogP contribution >= 0.6 is 22.7 Å². The van der Waals surface area contributed by atoms with Crippen LogP contribution in [0.1, 0.15) is 20.2 Å². The van der Waals surface area contributed by atoms with Crippen LogP contribution in [0.4, 0.5) is 0 Å². The third kappa shape index (κ3) is 3.39. The van der Waals surface area contributed by atoms with Gasteiger partial charge >= 0.3 is 0 Å². The summed E-state index contributed by atoms with van der Waals surface area (Å²) in [7, 11) is 0. The number of thiophene rings is 2. The average molecular weight is 383 g/mol. The van der Waals surface area contributed by atoms with Gasteiger partial charge in [-0.3, -0.25) is 9.59 Å². The van der Waals surface area contributed by atoms with Crippen molar-refractivity contribution in [1.82, 2.24) is 24.8 Å². The Morgan fingerprint density at radius 2 is 1.81 bits per heavy atom. The lowest BCUT2D eigenvalue weighted by Crippen LogP contribution is -2.34. The number of carbonyl (C=O) groups is 1. The predicted molar refractivity (Wildman–Crippen MR) is 100 cm³/mol. The quantitative estimate of drug-likeness (QED) is 0.572. The van der Waals surface area contributed by atoms with Crippen LogP contribution in [0.2, 0.25) is 0 Å². The molecule has 0 aliphatic rings. The standard InChI is InChI=1S/C17H13N5O2S2/c23-16-14(20-13-7-18-10-19-15(13)21-16)17(24)22(8-11-3-1-5-25-11)9-12-4-2-6-26-12/h1-7,10H,8-9H2,(H,18,19,21,23). The molecule has 4 rings (SSSR count). The molecule has 0 bridgehead atoms. The van der Waals surface area contributed by atoms with E-state index in [1.165, 1.54) is 12.5 Å². The number of aromatic nitrogens is 4. The van der Waals surface area contributed by atoms with Crippen LogP contribution in [0.5, 0.6) is 0 Å². The van der Waals surface area contributed by atoms with Gasteiger partial charge in [0.1, 0.15) is 11.8 Å². The van der Waals surface area contributed by atoms with E-state index in [2.05, 4.69) is 19.9 Å². The van der Waals surface area contributed by atoms with Crippen molar-refractivity contribution in [2.24, 2.45) is 0 Å². The summed E-state index contributed by atoms with van der Waals surface area (Å²) >= 11 is 3.13. The fourth-order valence-electron chi connectivity index (χ4n) is 2.51. The summed E-state index contributed by atoms with van der Waals surface area (Å²) in [5.74, 6) is -0.418. The second-order valence-corrected chi connectivity index (χ2v) is 7.56. The van der Waals surface area contributed by atoms with Crippen molar-refractivity contribution in [2.75, 3.05) is 0 Å². The van der Waals surface area contributed by atoms with E-state index < -0.39 is 11.5 Å². The molecule has 1 N–H and O–H groups in total. The third-order valence-corrected chi connectivity index (χ3v) is 5.44. The van der Waals surface area contributed by atoms with Crippen LogP contribution in [0.25, 0.3) is 11.2 Å². The lowest BCUT2D eigenvalue weighted by molar-refractivity contribution is 0.0726. The molecule has 9 heteroatoms. The molecule has 4 aromatic heterocycles. The van der Waals surface area contributed by atoms with E-state index >= 15 is 0 Å². The summed E-state index contributed by atoms with van der Waals surface area (Å²) in [5, 5.41) is 3.92. The lowest BCUT2D eigenvalue weighted by Gasteiger charge is -2.21. The van der Waals surface area contributed by atoms with Crippen LogP contribution in [0, 0.1) is 0 Å². The summed E-state index contributed by atoms with van der Waals surface area (Å²) in [6.45, 7) is 0.831. The van der Waals surface area contributed by atoms with Crippen molar-refractivity contribution in [3.63, 3.8) is 0 Å². The number of fused-ring (bicyclic) bond motifs is 1. The minimum Gasteiger partial charge on any atom is -0.327 e. The number of nitrogens with zero attached hydrogens (tertiary/aromatic N) is 4. The Hall–Kier alpha value is -2.91. The number of carbonyl (C=O) groups excluding carboxylic acids is 1. The number of amides is 1. The zero-order valence-electron chi connectivity index (χ0n) is 13.5. The Bertz CT molecular complexity index is 1050. The highest BCUT2D eigenvalue weighted by Crippen LogP contribution is 2.18. The van der Waals surface area contributed by atoms with Gasteiger partial charge in [-0.1, -0.05) is 12.1 Å². The van der Waals surface area contributed by atoms with Crippen molar-refractivity contribution in [3.8, 4) is 0 Å². The fourth-order valence-corrected chi connectivity index (χ4v) is 3.95. The number of rotatable bonds is 5. The summed E-state index contributed by atoms with van der Waals surface area (Å²) in [5.41, 5.74) is -0.0174. The second kappa shape index (κ2) is 7.14. The SMILES string of the molecule is O=C(c1nc2cncnc2[nH]c1=O)N(Cc1cccs1)Cc1cccs1. The first-order valence-electron chi connectivity index (χ1n) is 7.75. The van der Waals surface area contributed by atoms with E-state index in [0.717, 1.165) is 9.75 Å². The summed E-state index contributed by atoms with van der Waals surface area (Å²) in [6, 6.07) is 7.80. The van der Waals surface area contributed by atoms with E-state index in [4.69, 9.17) is 0 Å². The molecule has 7 nitrogen and oxygen atoms in total. The van der Waals surface area contributed by atoms with Crippen molar-refractivity contribution in [1.29, 1.82) is 0 Å². The van der Waals surface area contributed by atoms with Gasteiger partial charge in [0.05, 0.1) is 19.3 Å². The summed E-state index contributed by atoms with van der Waals surface area (Å²) < 4.78 is 0. The zero-order chi connectivity index (χ0) is 17.9. The Morgan fingerprint density at radius 3 is 2.42 bits per heavy atom. The van der Waals surface area contributed by atoms with Crippen LogP contribution in [0.3, 0.4) is 0 Å². The van der Waals surface area contributed by atoms with Gasteiger partial charge in [-0.2, -0.15) is 0 Å². The van der Waals surface area contributed by atoms with Gasteiger partial charge in [0.15, 0.2) is 11.3 Å². The largest absolute Gasteiger partial charge is 0.327 e. The normalized spacial score (nSPS) is 10.9. The molecular formula is C17H13N5O2S2. The topological polar surface area (TPSA) is 91.8 Å². The first kappa shape index (κ1) is 16.6. The van der Waals surface area contributed by atoms with Crippen molar-refractivity contribution >= 4 is 39.7 Å². The van der Waals surface area contributed by atoms with Gasteiger partial charge in [0.25, 0.3) is 11.5 Å². The van der Waals surface area contributed by atoms with Crippen molar-refractivity contribution in [2.45, 2.75) is 13.1 Å². The first-order chi connectivity index (χ1) is 12.7. The van der Waals surface area contributed by atoms with Gasteiger partial charge in [0.2, 0.25) is 0 Å². The van der Waals surface area contributed by atoms with Crippen LogP contribution in [0.15, 0.2) is 52.3 Å². The molecule has 0 atom stereocenters. The van der Waals surface area contributed by atoms with Gasteiger partial charge in [-0.05, 0) is 22.9 Å². The van der Waals surface area contributed by atoms with Crippen LogP contribution in [-0.2, 0) is 13.1 Å². The minimum absolute atomic E-state index is 0.152. The number of H-pyrrole nitrogens is 1. The second-order valence-electron chi connectivity index (χ2n) is 5.49. The van der Waals surface area contributed by atoms with Gasteiger partial charge in [-0.25, -0.2) is 15.0 Å². The molecule has 0 spiro atoms. The van der Waals surface area contributed by atoms with Crippen molar-refractivity contribution < 1.29 is 4.79 Å². The third-order valence-electron chi connectivity index (χ3n) is 3.72. The van der Waals surface area contributed by atoms with Gasteiger partial charge in [0, 0.05) is 9.75 Å². The highest BCUT2D eigenvalue weighted by molar-refractivity contribution is 7.10. The minimum atomic E-state index is -0.552. The fraction of sp³-hybridized carbons (Fsp3) is 0.118. The Balaban J connectivity index is 1.71. The van der Waals surface area contributed by atoms with Crippen molar-refractivity contribution in [3.05, 3.63) is 73.4 Å². The Kier molecular flexibility index (Phi) is 4.55. The lowest BCUT2D eigenvalue weighted by atomic mass is 10.3. The summed E-state index contributed by atoms with van der Waals surface area (Å²) in [6.07, 6.45) is 2.79. The molecule has 0 unspecified atom stereocenters. The molecular weight excluding hydrogens is 370 g/mol. The number of hydrogen-bond donors (Lipinski definition) is 1. The molecule has 0 radical (unpaired) electrons. The maximum atomic E-state index is 13.1. The molecule has 1 amide bonds. The van der Waals surface area contributed by atoms with Crippen LogP contribution < -0.4 is 5.56 Å². The van der Waals surface area contributed by atoms with E-state index in [9.17, 15) is 9.59 Å². The Labute approximate surface area is 156 Å². The molecule has 0 saturated carbocycles. The molecule has 0 aliphatic carbocycles. The zero-order valence-corrected chi connectivity index (χ0v) is 15.1. The molecule has 0 fully saturated rings. The molecule has 4 aromatic rings. The molecule has 4 heterocycles. The number of aromatic amines is 1. The van der Waals surface area contributed by atoms with E-state index in [-0.39, 0.29) is 5.69 Å². The van der Waals surface area contributed by atoms with E-state index in [0.29, 0.717) is 24.3 Å². The molecule has 0 aromatic carbocycles. The molecule has 0 saturated heterocycles. The Morgan fingerprint density at radius 1 is 1.12 bits per heavy atom.